The Hall–Kier alpha value is -1.98. The molecule has 2 amide bonds. The predicted molar refractivity (Wildman–Crippen MR) is 112 cm³/mol. The highest BCUT2D eigenvalue weighted by Gasteiger charge is 2.69. The summed E-state index contributed by atoms with van der Waals surface area (Å²) in [6, 6.07) is 1.71. The summed E-state index contributed by atoms with van der Waals surface area (Å²) in [4.78, 5) is 32.0. The maximum absolute atomic E-state index is 13.3. The van der Waals surface area contributed by atoms with Gasteiger partial charge in [-0.25, -0.2) is 0 Å². The highest BCUT2D eigenvalue weighted by molar-refractivity contribution is 9.10. The second-order valence-corrected chi connectivity index (χ2v) is 10.7. The van der Waals surface area contributed by atoms with E-state index in [2.05, 4.69) is 46.1 Å². The fraction of sp³-hybridized carbons (Fsp3) is 0.619. The van der Waals surface area contributed by atoms with Crippen molar-refractivity contribution < 1.29 is 9.59 Å². The number of fused-ring (bicyclic) bond motifs is 1. The molecule has 1 aliphatic heterocycles. The average molecular weight is 462 g/mol. The number of nitrogens with one attached hydrogen (secondary N) is 1. The van der Waals surface area contributed by atoms with Crippen molar-refractivity contribution in [1.82, 2.24) is 15.2 Å². The second-order valence-electron chi connectivity index (χ2n) is 9.74. The van der Waals surface area contributed by atoms with E-state index >= 15 is 0 Å². The summed E-state index contributed by atoms with van der Waals surface area (Å²) in [5.41, 5.74) is 6.38. The highest BCUT2D eigenvalue weighted by atomic mass is 79.9. The Balaban J connectivity index is 1.83. The van der Waals surface area contributed by atoms with Gasteiger partial charge in [0, 0.05) is 29.0 Å². The molecule has 156 valence electrons. The van der Waals surface area contributed by atoms with Crippen molar-refractivity contribution in [2.24, 2.45) is 28.4 Å². The number of likely N-dealkylation sites (tertiary alicyclic amines) is 1. The molecule has 2 heterocycles. The molecule has 5 atom stereocenters. The number of halogens is 1. The number of pyridine rings is 1. The van der Waals surface area contributed by atoms with E-state index in [9.17, 15) is 14.9 Å². The minimum atomic E-state index is -0.846. The minimum Gasteiger partial charge on any atom is -0.335 e. The Kier molecular flexibility index (Phi) is 5.52. The van der Waals surface area contributed by atoms with Gasteiger partial charge < -0.3 is 16.0 Å². The molecule has 1 aromatic rings. The quantitative estimate of drug-likeness (QED) is 0.714. The van der Waals surface area contributed by atoms with E-state index in [4.69, 9.17) is 5.73 Å². The lowest BCUT2D eigenvalue weighted by Gasteiger charge is -2.35. The fourth-order valence-electron chi connectivity index (χ4n) is 4.37. The molecule has 3 rings (SSSR count). The van der Waals surface area contributed by atoms with E-state index in [1.165, 1.54) is 0 Å². The van der Waals surface area contributed by atoms with Gasteiger partial charge in [-0.05, 0) is 44.7 Å². The van der Waals surface area contributed by atoms with Gasteiger partial charge in [0.2, 0.25) is 11.8 Å². The van der Waals surface area contributed by atoms with Crippen LogP contribution >= 0.6 is 15.9 Å². The molecule has 3 N–H and O–H groups in total. The van der Waals surface area contributed by atoms with E-state index in [1.807, 2.05) is 20.8 Å². The Labute approximate surface area is 180 Å². The molecule has 0 bridgehead atoms. The molecule has 1 aromatic heterocycles. The van der Waals surface area contributed by atoms with Crippen LogP contribution in [0.3, 0.4) is 0 Å². The number of piperidine rings is 1. The summed E-state index contributed by atoms with van der Waals surface area (Å²) < 4.78 is 0.724. The number of hydrogen-bond acceptors (Lipinski definition) is 5. The number of amides is 2. The van der Waals surface area contributed by atoms with Crippen LogP contribution in [-0.2, 0) is 9.59 Å². The van der Waals surface area contributed by atoms with Gasteiger partial charge in [-0.3, -0.25) is 14.6 Å². The first-order chi connectivity index (χ1) is 13.4. The fourth-order valence-corrected chi connectivity index (χ4v) is 4.75. The number of nitrogens with zero attached hydrogens (tertiary/aromatic N) is 3. The lowest BCUT2D eigenvalue weighted by Crippen LogP contribution is -2.57. The third-order valence-electron chi connectivity index (χ3n) is 6.43. The van der Waals surface area contributed by atoms with Crippen LogP contribution < -0.4 is 11.1 Å². The van der Waals surface area contributed by atoms with Crippen molar-refractivity contribution in [2.75, 3.05) is 6.54 Å². The first-order valence-electron chi connectivity index (χ1n) is 9.76. The molecule has 0 aromatic carbocycles. The molecule has 8 heteroatoms. The number of carbonyl (C=O) groups is 2. The first-order valence-corrected chi connectivity index (χ1v) is 10.6. The summed E-state index contributed by atoms with van der Waals surface area (Å²) in [6.45, 7) is 10.5. The Bertz CT molecular complexity index is 873. The molecular formula is C21H28BrN5O2. The summed E-state index contributed by atoms with van der Waals surface area (Å²) >= 11 is 3.33. The SMILES string of the molecule is CC(C)(C)[C@H](N)C(=O)N1C[C@H]2[C@@H]([C@H]1C(=O)NC(C#N)c1cncc(Br)c1)C2(C)C. The van der Waals surface area contributed by atoms with Crippen LogP contribution in [0.15, 0.2) is 22.9 Å². The standard InChI is InChI=1S/C21H28BrN5O2/c1-20(2,3)17(24)19(29)27-10-13-15(21(13,4)5)16(27)18(28)26-14(7-23)11-6-12(22)9-25-8-11/h6,8-9,13-17H,10,24H2,1-5H3,(H,26,28)/t13-,14?,15-,16-,17+/m0/s1. The molecule has 29 heavy (non-hydrogen) atoms. The lowest BCUT2D eigenvalue weighted by molar-refractivity contribution is -0.143. The van der Waals surface area contributed by atoms with Crippen molar-refractivity contribution in [1.29, 1.82) is 5.26 Å². The van der Waals surface area contributed by atoms with Crippen LogP contribution in [0.25, 0.3) is 0 Å². The molecule has 2 fully saturated rings. The Morgan fingerprint density at radius 1 is 1.41 bits per heavy atom. The number of carbonyl (C=O) groups excluding carboxylic acids is 2. The van der Waals surface area contributed by atoms with Crippen molar-refractivity contribution in [3.63, 3.8) is 0 Å². The molecule has 1 unspecified atom stereocenters. The maximum atomic E-state index is 13.3. The number of nitrogens with two attached hydrogens (primary N) is 1. The van der Waals surface area contributed by atoms with Crippen LogP contribution in [0, 0.1) is 34.0 Å². The van der Waals surface area contributed by atoms with Gasteiger partial charge in [0.1, 0.15) is 12.1 Å². The third-order valence-corrected chi connectivity index (χ3v) is 6.87. The van der Waals surface area contributed by atoms with Gasteiger partial charge in [0.05, 0.1) is 12.1 Å². The van der Waals surface area contributed by atoms with Crippen molar-refractivity contribution in [2.45, 2.75) is 52.7 Å². The molecule has 7 nitrogen and oxygen atoms in total. The topological polar surface area (TPSA) is 112 Å². The molecular weight excluding hydrogens is 434 g/mol. The maximum Gasteiger partial charge on any atom is 0.244 e. The number of nitriles is 1. The van der Waals surface area contributed by atoms with E-state index in [0.29, 0.717) is 12.1 Å². The summed E-state index contributed by atoms with van der Waals surface area (Å²) in [7, 11) is 0. The number of rotatable bonds is 4. The Morgan fingerprint density at radius 3 is 2.62 bits per heavy atom. The minimum absolute atomic E-state index is 0.00984. The summed E-state index contributed by atoms with van der Waals surface area (Å²) in [5, 5.41) is 12.4. The predicted octanol–water partition coefficient (Wildman–Crippen LogP) is 2.38. The van der Waals surface area contributed by atoms with Crippen LogP contribution in [0.4, 0.5) is 0 Å². The van der Waals surface area contributed by atoms with E-state index in [1.54, 1.807) is 23.4 Å². The van der Waals surface area contributed by atoms with Crippen LogP contribution in [0.2, 0.25) is 0 Å². The lowest BCUT2D eigenvalue weighted by atomic mass is 9.86. The van der Waals surface area contributed by atoms with E-state index in [0.717, 1.165) is 4.47 Å². The molecule has 0 spiro atoms. The van der Waals surface area contributed by atoms with Crippen LogP contribution in [0.5, 0.6) is 0 Å². The first kappa shape index (κ1) is 21.7. The van der Waals surface area contributed by atoms with Crippen LogP contribution in [0.1, 0.15) is 46.2 Å². The van der Waals surface area contributed by atoms with Crippen molar-refractivity contribution >= 4 is 27.7 Å². The summed E-state index contributed by atoms with van der Waals surface area (Å²) in [6.07, 6.45) is 3.16. The van der Waals surface area contributed by atoms with Gasteiger partial charge in [-0.15, -0.1) is 0 Å². The van der Waals surface area contributed by atoms with Gasteiger partial charge in [0.15, 0.2) is 0 Å². The van der Waals surface area contributed by atoms with Crippen molar-refractivity contribution in [3.8, 4) is 6.07 Å². The summed E-state index contributed by atoms with van der Waals surface area (Å²) in [5.74, 6) is -0.191. The monoisotopic (exact) mass is 461 g/mol. The zero-order valence-electron chi connectivity index (χ0n) is 17.4. The molecule has 1 saturated heterocycles. The molecule has 1 saturated carbocycles. The molecule has 1 aliphatic carbocycles. The average Bonchev–Trinajstić information content (AvgIpc) is 2.99. The van der Waals surface area contributed by atoms with Gasteiger partial charge in [-0.2, -0.15) is 5.26 Å². The van der Waals surface area contributed by atoms with Crippen molar-refractivity contribution in [3.05, 3.63) is 28.5 Å². The van der Waals surface area contributed by atoms with E-state index in [-0.39, 0.29) is 29.1 Å². The smallest absolute Gasteiger partial charge is 0.244 e. The highest BCUT2D eigenvalue weighted by Crippen LogP contribution is 2.65. The largest absolute Gasteiger partial charge is 0.335 e. The van der Waals surface area contributed by atoms with Gasteiger partial charge in [0.25, 0.3) is 0 Å². The number of hydrogen-bond donors (Lipinski definition) is 2. The molecule has 0 radical (unpaired) electrons. The normalized spacial score (nSPS) is 26.8. The third kappa shape index (κ3) is 3.90. The second kappa shape index (κ2) is 7.37. The Morgan fingerprint density at radius 2 is 2.07 bits per heavy atom. The van der Waals surface area contributed by atoms with Gasteiger partial charge >= 0.3 is 0 Å². The molecule has 2 aliphatic rings. The van der Waals surface area contributed by atoms with E-state index < -0.39 is 23.5 Å². The zero-order chi connectivity index (χ0) is 21.7. The number of aromatic nitrogens is 1. The van der Waals surface area contributed by atoms with Crippen LogP contribution in [-0.4, -0.2) is 40.3 Å². The zero-order valence-corrected chi connectivity index (χ0v) is 19.0. The van der Waals surface area contributed by atoms with Gasteiger partial charge in [-0.1, -0.05) is 34.6 Å².